The number of benzene rings is 4. The minimum atomic E-state index is -0.668. The van der Waals surface area contributed by atoms with Crippen molar-refractivity contribution in [3.8, 4) is 28.6 Å². The molecule has 3 heterocycles. The quantitative estimate of drug-likeness (QED) is 0.0683. The first-order chi connectivity index (χ1) is 32.2. The van der Waals surface area contributed by atoms with E-state index in [4.69, 9.17) is 4.74 Å². The van der Waals surface area contributed by atoms with Crippen molar-refractivity contribution in [3.05, 3.63) is 122 Å². The number of ether oxygens (including phenoxy) is 1. The average molecular weight is 915 g/mol. The van der Waals surface area contributed by atoms with Gasteiger partial charge < -0.3 is 14.9 Å². The van der Waals surface area contributed by atoms with Gasteiger partial charge in [0.15, 0.2) is 11.6 Å². The molecule has 4 aromatic carbocycles. The Morgan fingerprint density at radius 2 is 1.66 bits per heavy atom. The summed E-state index contributed by atoms with van der Waals surface area (Å²) in [5, 5.41) is 32.7. The van der Waals surface area contributed by atoms with Gasteiger partial charge in [-0.15, -0.1) is 0 Å². The number of hydrogen-bond acceptors (Lipinski definition) is 11. The molecule has 0 radical (unpaired) electrons. The Hall–Kier alpha value is -6.94. The van der Waals surface area contributed by atoms with Crippen LogP contribution in [0.3, 0.4) is 0 Å². The van der Waals surface area contributed by atoms with Crippen molar-refractivity contribution < 1.29 is 43.3 Å². The van der Waals surface area contributed by atoms with E-state index in [0.29, 0.717) is 74.0 Å². The molecule has 3 amide bonds. The van der Waals surface area contributed by atoms with E-state index in [1.165, 1.54) is 16.7 Å². The summed E-state index contributed by atoms with van der Waals surface area (Å²) in [6.45, 7) is 5.43. The van der Waals surface area contributed by atoms with Gasteiger partial charge in [0.2, 0.25) is 11.8 Å². The number of imide groups is 1. The van der Waals surface area contributed by atoms with Crippen molar-refractivity contribution in [2.45, 2.75) is 97.1 Å². The zero-order valence-electron chi connectivity index (χ0n) is 37.6. The zero-order chi connectivity index (χ0) is 47.4. The van der Waals surface area contributed by atoms with Crippen LogP contribution in [-0.4, -0.2) is 72.4 Å². The van der Waals surface area contributed by atoms with Crippen molar-refractivity contribution in [1.29, 1.82) is 0 Å². The van der Waals surface area contributed by atoms with Crippen LogP contribution >= 0.6 is 0 Å². The summed E-state index contributed by atoms with van der Waals surface area (Å²) < 4.78 is 22.5. The highest BCUT2D eigenvalue weighted by atomic mass is 19.1. The summed E-state index contributed by atoms with van der Waals surface area (Å²) in [6, 6.07) is 19.9. The number of amides is 3. The van der Waals surface area contributed by atoms with E-state index >= 15 is 4.39 Å². The monoisotopic (exact) mass is 914 g/mol. The fourth-order valence-corrected chi connectivity index (χ4v) is 9.55. The third-order valence-corrected chi connectivity index (χ3v) is 13.4. The minimum Gasteiger partial charge on any atom is -0.508 e. The second-order valence-corrected chi connectivity index (χ2v) is 18.3. The first kappa shape index (κ1) is 46.6. The van der Waals surface area contributed by atoms with Gasteiger partial charge in [0.25, 0.3) is 0 Å². The number of rotatable bonds is 14. The molecule has 2 fully saturated rings. The predicted octanol–water partition coefficient (Wildman–Crippen LogP) is 7.64. The van der Waals surface area contributed by atoms with Crippen LogP contribution in [0.25, 0.3) is 17.1 Å². The second-order valence-electron chi connectivity index (χ2n) is 18.3. The number of aromatic hydroxyl groups is 2. The topological polar surface area (TPSA) is 213 Å². The van der Waals surface area contributed by atoms with Gasteiger partial charge in [0.05, 0.1) is 11.3 Å². The van der Waals surface area contributed by atoms with Crippen molar-refractivity contribution in [3.63, 3.8) is 0 Å². The molecular formula is C51H55FN6O9. The molecule has 8 rings (SSSR count). The molecule has 5 aromatic rings. The molecule has 0 bridgehead atoms. The normalized spacial score (nSPS) is 18.9. The molecule has 2 saturated heterocycles. The van der Waals surface area contributed by atoms with Crippen LogP contribution < -0.4 is 16.3 Å². The number of phenols is 2. The van der Waals surface area contributed by atoms with Crippen molar-refractivity contribution in [1.82, 2.24) is 25.0 Å². The van der Waals surface area contributed by atoms with Crippen molar-refractivity contribution in [2.75, 3.05) is 18.4 Å². The molecule has 16 heteroatoms. The maximum Gasteiger partial charge on any atom is 0.411 e. The van der Waals surface area contributed by atoms with Gasteiger partial charge >= 0.3 is 11.8 Å². The largest absolute Gasteiger partial charge is 0.508 e. The number of fused-ring (bicyclic) bond motifs is 1. The van der Waals surface area contributed by atoms with Crippen LogP contribution in [0.2, 0.25) is 0 Å². The first-order valence-corrected chi connectivity index (χ1v) is 23.0. The molecule has 350 valence electrons. The number of carbonyl (C=O) groups excluding carboxylic acids is 5. The lowest BCUT2D eigenvalue weighted by atomic mass is 9.88. The zero-order valence-corrected chi connectivity index (χ0v) is 37.6. The summed E-state index contributed by atoms with van der Waals surface area (Å²) in [6.07, 6.45) is 4.92. The third kappa shape index (κ3) is 10.7. The first-order valence-electron chi connectivity index (χ1n) is 23.0. The predicted molar refractivity (Wildman–Crippen MR) is 246 cm³/mol. The Balaban J connectivity index is 0.811. The smallest absolute Gasteiger partial charge is 0.411 e. The summed E-state index contributed by atoms with van der Waals surface area (Å²) in [5.41, 5.74) is 4.19. The maximum atomic E-state index is 15.8. The molecule has 15 nitrogen and oxygen atoms in total. The maximum absolute atomic E-state index is 15.8. The van der Waals surface area contributed by atoms with E-state index in [1.807, 2.05) is 38.1 Å². The number of nitrogens with zero attached hydrogens (tertiary/aromatic N) is 3. The molecular weight excluding hydrogens is 860 g/mol. The highest BCUT2D eigenvalue weighted by Crippen LogP contribution is 2.38. The highest BCUT2D eigenvalue weighted by Gasteiger charge is 2.35. The molecule has 1 aliphatic carbocycles. The average Bonchev–Trinajstić information content (AvgIpc) is 3.83. The number of H-pyrrole nitrogens is 1. The van der Waals surface area contributed by atoms with Gasteiger partial charge in [-0.1, -0.05) is 62.7 Å². The van der Waals surface area contributed by atoms with Gasteiger partial charge in [-0.3, -0.25) is 34.7 Å². The summed E-state index contributed by atoms with van der Waals surface area (Å²) in [4.78, 5) is 78.5. The molecule has 2 aliphatic heterocycles. The number of nitrogens with one attached hydrogen (secondary N) is 3. The second kappa shape index (κ2) is 20.3. The standard InChI is InChI=1S/C51H55FN6O9/c1-29(2)38-25-40(45(61)26-44(38)60)48-55-56-50(65)58(48)36-17-15-35(41(52)24-36)27-57-20-4-3-6-32(19-21-57)43(59)22-30-9-11-31(12-10-30)28-67-51(66)53-42-8-5-7-37-39(42)23-34(47(37)63)14-13-33-16-18-46(62)54-49(33)64/h5,7-12,15,17,24-26,29,32-34,60-61H,3-4,6,13-14,16,18-23,27-28H2,1-2H3,(H,53,66)(H,56,65)(H,54,62,64). The lowest BCUT2D eigenvalue weighted by molar-refractivity contribution is -0.136. The van der Waals surface area contributed by atoms with Crippen LogP contribution in [0, 0.1) is 23.6 Å². The van der Waals surface area contributed by atoms with Crippen LogP contribution in [-0.2, 0) is 45.1 Å². The van der Waals surface area contributed by atoms with Gasteiger partial charge in [0.1, 0.15) is 29.7 Å². The van der Waals surface area contributed by atoms with E-state index in [-0.39, 0.29) is 88.7 Å². The van der Waals surface area contributed by atoms with E-state index in [1.54, 1.807) is 36.4 Å². The van der Waals surface area contributed by atoms with Gasteiger partial charge in [-0.05, 0) is 110 Å². The number of phenolic OH excluding ortho intramolecular Hbond substituents is 2. The number of ketones is 2. The number of aromatic amines is 1. The Kier molecular flexibility index (Phi) is 14.1. The van der Waals surface area contributed by atoms with Crippen LogP contribution in [0.15, 0.2) is 77.6 Å². The molecule has 5 N–H and O–H groups in total. The van der Waals surface area contributed by atoms with Crippen LogP contribution in [0.5, 0.6) is 11.5 Å². The molecule has 67 heavy (non-hydrogen) atoms. The molecule has 0 spiro atoms. The Labute approximate surface area is 386 Å². The number of anilines is 1. The SMILES string of the molecule is CC(C)c1cc(-c2n[nH]c(=O)n2-c2ccc(CN3CCCCC(C(=O)Cc4ccc(COC(=O)Nc5cccc6c5CC(CCC5CCC(=O)NC5=O)C6=O)cc4)CC3)c(F)c2)c(O)cc1O. The van der Waals surface area contributed by atoms with Gasteiger partial charge in [-0.2, -0.15) is 5.10 Å². The number of likely N-dealkylation sites (tertiary alicyclic amines) is 1. The number of aromatic nitrogens is 3. The fraction of sp³-hybridized carbons (Fsp3) is 0.392. The van der Waals surface area contributed by atoms with E-state index < -0.39 is 17.6 Å². The number of piperidine rings is 1. The third-order valence-electron chi connectivity index (χ3n) is 13.4. The Morgan fingerprint density at radius 1 is 0.881 bits per heavy atom. The van der Waals surface area contributed by atoms with E-state index in [9.17, 15) is 39.0 Å². The lowest BCUT2D eigenvalue weighted by Crippen LogP contribution is -2.40. The lowest BCUT2D eigenvalue weighted by Gasteiger charge is -2.28. The summed E-state index contributed by atoms with van der Waals surface area (Å²) in [7, 11) is 0. The van der Waals surface area contributed by atoms with Gasteiger partial charge in [-0.25, -0.2) is 23.6 Å². The molecule has 3 aliphatic rings. The van der Waals surface area contributed by atoms with Crippen LogP contribution in [0.1, 0.15) is 109 Å². The van der Waals surface area contributed by atoms with E-state index in [2.05, 4.69) is 25.7 Å². The number of Topliss-reactive ketones (excluding diaryl/α,β-unsaturated/α-hetero) is 2. The number of halogens is 1. The molecule has 0 saturated carbocycles. The number of hydrogen-bond donors (Lipinski definition) is 5. The highest BCUT2D eigenvalue weighted by molar-refractivity contribution is 6.05. The molecule has 3 atom stereocenters. The van der Waals surface area contributed by atoms with E-state index in [0.717, 1.165) is 42.5 Å². The van der Waals surface area contributed by atoms with Crippen molar-refractivity contribution >= 4 is 35.2 Å². The minimum absolute atomic E-state index is 0.00315. The van der Waals surface area contributed by atoms with Crippen LogP contribution in [0.4, 0.5) is 14.9 Å². The van der Waals surface area contributed by atoms with Crippen molar-refractivity contribution in [2.24, 2.45) is 17.8 Å². The summed E-state index contributed by atoms with van der Waals surface area (Å²) in [5.74, 6) is -2.08. The molecule has 1 aromatic heterocycles. The Morgan fingerprint density at radius 3 is 2.42 bits per heavy atom. The van der Waals surface area contributed by atoms with Gasteiger partial charge in [0, 0.05) is 60.0 Å². The fourth-order valence-electron chi connectivity index (χ4n) is 9.55. The number of carbonyl (C=O) groups is 5. The Bertz CT molecular complexity index is 2760. The summed E-state index contributed by atoms with van der Waals surface area (Å²) >= 11 is 0. The molecule has 3 unspecified atom stereocenters.